The first-order valence-electron chi connectivity index (χ1n) is 6.09. The summed E-state index contributed by atoms with van der Waals surface area (Å²) < 4.78 is 15.0. The van der Waals surface area contributed by atoms with Crippen LogP contribution in [-0.2, 0) is 23.8 Å². The van der Waals surface area contributed by atoms with Gasteiger partial charge in [-0.2, -0.15) is 0 Å². The summed E-state index contributed by atoms with van der Waals surface area (Å²) in [5.41, 5.74) is 0. The third-order valence-corrected chi connectivity index (χ3v) is 2.02. The predicted molar refractivity (Wildman–Crippen MR) is 62.5 cm³/mol. The van der Waals surface area contributed by atoms with Crippen LogP contribution in [0.3, 0.4) is 0 Å². The minimum absolute atomic E-state index is 0.0869. The molecule has 0 aliphatic carbocycles. The van der Waals surface area contributed by atoms with Gasteiger partial charge in [0.2, 0.25) is 0 Å². The van der Waals surface area contributed by atoms with E-state index in [1.807, 2.05) is 6.92 Å². The number of hydrogen-bond acceptors (Lipinski definition) is 5. The summed E-state index contributed by atoms with van der Waals surface area (Å²) in [4.78, 5) is 22.8. The predicted octanol–water partition coefficient (Wildman–Crippen LogP) is 1.69. The summed E-state index contributed by atoms with van der Waals surface area (Å²) in [7, 11) is 0. The topological polar surface area (TPSA) is 61.8 Å². The van der Waals surface area contributed by atoms with Gasteiger partial charge in [0.05, 0.1) is 19.6 Å². The number of ether oxygens (including phenoxy) is 3. The Balaban J connectivity index is 4.18. The quantitative estimate of drug-likeness (QED) is 0.457. The Morgan fingerprint density at radius 1 is 1.06 bits per heavy atom. The molecule has 100 valence electrons. The van der Waals surface area contributed by atoms with Gasteiger partial charge in [0.15, 0.2) is 6.10 Å². The van der Waals surface area contributed by atoms with Crippen LogP contribution >= 0.6 is 0 Å². The van der Waals surface area contributed by atoms with Gasteiger partial charge in [0, 0.05) is 6.61 Å². The maximum Gasteiger partial charge on any atom is 0.335 e. The molecule has 0 rings (SSSR count). The molecule has 0 saturated heterocycles. The summed E-state index contributed by atoms with van der Waals surface area (Å²) in [6.07, 6.45) is 0.880. The SMILES string of the molecule is CCCCOC(CC(=O)OCC)C(=O)OCC. The van der Waals surface area contributed by atoms with Crippen molar-refractivity contribution in [3.63, 3.8) is 0 Å². The third-order valence-electron chi connectivity index (χ3n) is 2.02. The molecule has 1 atom stereocenters. The molecule has 0 aliphatic rings. The van der Waals surface area contributed by atoms with Crippen LogP contribution in [0.15, 0.2) is 0 Å². The Morgan fingerprint density at radius 2 is 1.71 bits per heavy atom. The number of hydrogen-bond donors (Lipinski definition) is 0. The summed E-state index contributed by atoms with van der Waals surface area (Å²) >= 11 is 0. The second-order valence-electron chi connectivity index (χ2n) is 3.47. The van der Waals surface area contributed by atoms with Crippen molar-refractivity contribution in [1.82, 2.24) is 0 Å². The van der Waals surface area contributed by atoms with Gasteiger partial charge >= 0.3 is 11.9 Å². The van der Waals surface area contributed by atoms with Crippen molar-refractivity contribution in [2.75, 3.05) is 19.8 Å². The Labute approximate surface area is 102 Å². The van der Waals surface area contributed by atoms with E-state index in [0.717, 1.165) is 12.8 Å². The van der Waals surface area contributed by atoms with E-state index in [-0.39, 0.29) is 13.0 Å². The minimum atomic E-state index is -0.847. The zero-order chi connectivity index (χ0) is 13.1. The molecule has 0 aliphatic heterocycles. The highest BCUT2D eigenvalue weighted by atomic mass is 16.6. The van der Waals surface area contributed by atoms with Gasteiger partial charge in [-0.05, 0) is 20.3 Å². The molecule has 0 heterocycles. The number of carbonyl (C=O) groups is 2. The lowest BCUT2D eigenvalue weighted by atomic mass is 10.2. The maximum atomic E-state index is 11.5. The van der Waals surface area contributed by atoms with E-state index >= 15 is 0 Å². The molecule has 0 saturated carbocycles. The fourth-order valence-corrected chi connectivity index (χ4v) is 1.19. The lowest BCUT2D eigenvalue weighted by Crippen LogP contribution is -2.30. The van der Waals surface area contributed by atoms with Crippen molar-refractivity contribution in [3.8, 4) is 0 Å². The van der Waals surface area contributed by atoms with Crippen LogP contribution in [0.1, 0.15) is 40.0 Å². The molecular formula is C12H22O5. The zero-order valence-electron chi connectivity index (χ0n) is 10.9. The molecule has 0 amide bonds. The lowest BCUT2D eigenvalue weighted by Gasteiger charge is -2.15. The van der Waals surface area contributed by atoms with Crippen LogP contribution < -0.4 is 0 Å². The van der Waals surface area contributed by atoms with Gasteiger partial charge in [-0.3, -0.25) is 4.79 Å². The molecule has 0 N–H and O–H groups in total. The zero-order valence-corrected chi connectivity index (χ0v) is 10.9. The van der Waals surface area contributed by atoms with Crippen molar-refractivity contribution >= 4 is 11.9 Å². The van der Waals surface area contributed by atoms with Crippen LogP contribution in [0.2, 0.25) is 0 Å². The highest BCUT2D eigenvalue weighted by Gasteiger charge is 2.24. The van der Waals surface area contributed by atoms with E-state index in [1.165, 1.54) is 0 Å². The number of carbonyl (C=O) groups excluding carboxylic acids is 2. The second kappa shape index (κ2) is 10.1. The molecular weight excluding hydrogens is 224 g/mol. The number of rotatable bonds is 9. The molecule has 17 heavy (non-hydrogen) atoms. The van der Waals surface area contributed by atoms with Crippen molar-refractivity contribution < 1.29 is 23.8 Å². The summed E-state index contributed by atoms with van der Waals surface area (Å²) in [5.74, 6) is -0.946. The Bertz CT molecular complexity index is 227. The molecule has 0 bridgehead atoms. The monoisotopic (exact) mass is 246 g/mol. The normalized spacial score (nSPS) is 11.9. The number of esters is 2. The van der Waals surface area contributed by atoms with E-state index in [9.17, 15) is 9.59 Å². The van der Waals surface area contributed by atoms with Crippen LogP contribution in [0.5, 0.6) is 0 Å². The van der Waals surface area contributed by atoms with Crippen LogP contribution in [0, 0.1) is 0 Å². The van der Waals surface area contributed by atoms with Gasteiger partial charge in [-0.15, -0.1) is 0 Å². The van der Waals surface area contributed by atoms with Crippen molar-refractivity contribution in [2.24, 2.45) is 0 Å². The van der Waals surface area contributed by atoms with Crippen molar-refractivity contribution in [1.29, 1.82) is 0 Å². The maximum absolute atomic E-state index is 11.5. The van der Waals surface area contributed by atoms with E-state index < -0.39 is 18.0 Å². The van der Waals surface area contributed by atoms with E-state index in [2.05, 4.69) is 0 Å². The molecule has 0 radical (unpaired) electrons. The smallest absolute Gasteiger partial charge is 0.335 e. The van der Waals surface area contributed by atoms with Gasteiger partial charge in [-0.1, -0.05) is 13.3 Å². The van der Waals surface area contributed by atoms with Gasteiger partial charge < -0.3 is 14.2 Å². The summed E-state index contributed by atoms with van der Waals surface area (Å²) in [6.45, 7) is 6.46. The number of unbranched alkanes of at least 4 members (excludes halogenated alkanes) is 1. The first kappa shape index (κ1) is 15.9. The lowest BCUT2D eigenvalue weighted by molar-refractivity contribution is -0.163. The second-order valence-corrected chi connectivity index (χ2v) is 3.47. The third kappa shape index (κ3) is 7.74. The average molecular weight is 246 g/mol. The molecule has 0 aromatic carbocycles. The Kier molecular flexibility index (Phi) is 9.43. The molecule has 0 fully saturated rings. The summed E-state index contributed by atoms with van der Waals surface area (Å²) in [6, 6.07) is 0. The highest BCUT2D eigenvalue weighted by Crippen LogP contribution is 2.05. The largest absolute Gasteiger partial charge is 0.466 e. The first-order chi connectivity index (χ1) is 8.15. The fraction of sp³-hybridized carbons (Fsp3) is 0.833. The van der Waals surface area contributed by atoms with Gasteiger partial charge in [0.25, 0.3) is 0 Å². The molecule has 1 unspecified atom stereocenters. The molecule has 5 nitrogen and oxygen atoms in total. The van der Waals surface area contributed by atoms with E-state index in [1.54, 1.807) is 13.8 Å². The van der Waals surface area contributed by atoms with Crippen LogP contribution in [-0.4, -0.2) is 37.9 Å². The highest BCUT2D eigenvalue weighted by molar-refractivity contribution is 5.81. The van der Waals surface area contributed by atoms with Crippen molar-refractivity contribution in [3.05, 3.63) is 0 Å². The average Bonchev–Trinajstić information content (AvgIpc) is 2.28. The molecule has 0 aromatic heterocycles. The minimum Gasteiger partial charge on any atom is -0.466 e. The van der Waals surface area contributed by atoms with E-state index in [4.69, 9.17) is 14.2 Å². The van der Waals surface area contributed by atoms with Crippen LogP contribution in [0.4, 0.5) is 0 Å². The Hall–Kier alpha value is -1.10. The molecule has 0 spiro atoms. The van der Waals surface area contributed by atoms with Gasteiger partial charge in [-0.25, -0.2) is 4.79 Å². The van der Waals surface area contributed by atoms with Gasteiger partial charge in [0.1, 0.15) is 0 Å². The standard InChI is InChI=1S/C12H22O5/c1-4-7-8-17-10(12(14)16-6-3)9-11(13)15-5-2/h10H,4-9H2,1-3H3. The fourth-order valence-electron chi connectivity index (χ4n) is 1.19. The van der Waals surface area contributed by atoms with E-state index in [0.29, 0.717) is 13.2 Å². The van der Waals surface area contributed by atoms with Crippen LogP contribution in [0.25, 0.3) is 0 Å². The summed E-state index contributed by atoms with van der Waals surface area (Å²) in [5, 5.41) is 0. The molecule has 0 aromatic rings. The Morgan fingerprint density at radius 3 is 2.24 bits per heavy atom. The van der Waals surface area contributed by atoms with Crippen molar-refractivity contribution in [2.45, 2.75) is 46.1 Å². The first-order valence-corrected chi connectivity index (χ1v) is 6.09. The molecule has 5 heteroatoms.